The first kappa shape index (κ1) is 8.73. The lowest BCUT2D eigenvalue weighted by molar-refractivity contribution is -0.139. The zero-order valence-corrected chi connectivity index (χ0v) is 7.55. The summed E-state index contributed by atoms with van der Waals surface area (Å²) >= 11 is 0. The summed E-state index contributed by atoms with van der Waals surface area (Å²) in [6.45, 7) is 0. The molecule has 0 aromatic heterocycles. The van der Waals surface area contributed by atoms with Gasteiger partial charge in [-0.25, -0.2) is 4.39 Å². The zero-order chi connectivity index (χ0) is 9.31. The number of carbonyl (C=O) groups is 1. The first-order chi connectivity index (χ1) is 6.21. The van der Waals surface area contributed by atoms with Gasteiger partial charge in [0.1, 0.15) is 0 Å². The molecule has 13 heavy (non-hydrogen) atoms. The highest BCUT2D eigenvalue weighted by molar-refractivity contribution is 5.86. The topological polar surface area (TPSA) is 29.1 Å². The number of hydrogen-bond acceptors (Lipinski definition) is 1. The maximum absolute atomic E-state index is 13.5. The van der Waals surface area contributed by atoms with E-state index in [1.54, 1.807) is 0 Å². The Labute approximate surface area is 77.2 Å². The van der Waals surface area contributed by atoms with Crippen molar-refractivity contribution in [2.75, 3.05) is 0 Å². The van der Waals surface area contributed by atoms with Gasteiger partial charge in [0, 0.05) is 6.04 Å². The summed E-state index contributed by atoms with van der Waals surface area (Å²) in [5.41, 5.74) is -1.54. The maximum atomic E-state index is 13.5. The second-order valence-corrected chi connectivity index (χ2v) is 3.93. The van der Waals surface area contributed by atoms with Gasteiger partial charge in [-0.15, -0.1) is 0 Å². The fourth-order valence-electron chi connectivity index (χ4n) is 1.76. The van der Waals surface area contributed by atoms with Crippen LogP contribution in [0.2, 0.25) is 0 Å². The van der Waals surface area contributed by atoms with Crippen molar-refractivity contribution in [3.05, 3.63) is 12.2 Å². The number of nitrogens with one attached hydrogen (secondary N) is 1. The van der Waals surface area contributed by atoms with Gasteiger partial charge in [0.25, 0.3) is 5.91 Å². The summed E-state index contributed by atoms with van der Waals surface area (Å²) < 4.78 is 13.5. The van der Waals surface area contributed by atoms with E-state index in [1.165, 1.54) is 0 Å². The van der Waals surface area contributed by atoms with Crippen molar-refractivity contribution in [2.45, 2.75) is 43.8 Å². The lowest BCUT2D eigenvalue weighted by Crippen LogP contribution is -2.50. The molecule has 0 aromatic carbocycles. The number of amides is 1. The Hall–Kier alpha value is -0.860. The first-order valence-corrected chi connectivity index (χ1v) is 4.86. The summed E-state index contributed by atoms with van der Waals surface area (Å²) in [7, 11) is 0. The minimum atomic E-state index is -1.54. The Morgan fingerprint density at radius 3 is 2.46 bits per heavy atom. The minimum Gasteiger partial charge on any atom is -0.350 e. The van der Waals surface area contributed by atoms with E-state index in [1.807, 2.05) is 12.2 Å². The highest BCUT2D eigenvalue weighted by Crippen LogP contribution is 2.36. The lowest BCUT2D eigenvalue weighted by atomic mass is 9.81. The molecule has 72 valence electrons. The monoisotopic (exact) mass is 183 g/mol. The molecular formula is C10H14FNO. The second kappa shape index (κ2) is 3.13. The number of carbonyl (C=O) groups excluding carboxylic acids is 1. The zero-order valence-electron chi connectivity index (χ0n) is 7.55. The quantitative estimate of drug-likeness (QED) is 0.649. The third-order valence-electron chi connectivity index (χ3n) is 2.90. The Morgan fingerprint density at radius 2 is 2.00 bits per heavy atom. The summed E-state index contributed by atoms with van der Waals surface area (Å²) in [6.07, 6.45) is 7.39. The van der Waals surface area contributed by atoms with Gasteiger partial charge in [0.2, 0.25) is 0 Å². The van der Waals surface area contributed by atoms with E-state index in [2.05, 4.69) is 5.32 Å². The average molecular weight is 183 g/mol. The van der Waals surface area contributed by atoms with Crippen molar-refractivity contribution >= 4 is 5.91 Å². The Kier molecular flexibility index (Phi) is 2.10. The molecule has 0 radical (unpaired) electrons. The van der Waals surface area contributed by atoms with E-state index in [9.17, 15) is 9.18 Å². The molecule has 1 amide bonds. The normalized spacial score (nSPS) is 25.6. The third kappa shape index (κ3) is 1.60. The molecule has 0 aliphatic heterocycles. The largest absolute Gasteiger partial charge is 0.350 e. The van der Waals surface area contributed by atoms with Crippen molar-refractivity contribution < 1.29 is 9.18 Å². The highest BCUT2D eigenvalue weighted by Gasteiger charge is 2.45. The van der Waals surface area contributed by atoms with Crippen LogP contribution in [0.5, 0.6) is 0 Å². The van der Waals surface area contributed by atoms with Crippen molar-refractivity contribution in [1.82, 2.24) is 5.32 Å². The van der Waals surface area contributed by atoms with E-state index < -0.39 is 11.6 Å². The molecule has 3 heteroatoms. The molecule has 2 nitrogen and oxygen atoms in total. The highest BCUT2D eigenvalue weighted by atomic mass is 19.1. The standard InChI is InChI=1S/C10H14FNO/c11-10(6-3-7-10)9(13)12-8-4-1-2-5-8/h1-2,8H,3-7H2,(H,12,13). The van der Waals surface area contributed by atoms with Crippen LogP contribution in [0.1, 0.15) is 32.1 Å². The van der Waals surface area contributed by atoms with E-state index >= 15 is 0 Å². The number of rotatable bonds is 2. The molecule has 1 saturated carbocycles. The van der Waals surface area contributed by atoms with Gasteiger partial charge in [-0.3, -0.25) is 4.79 Å². The Balaban J connectivity index is 1.84. The molecule has 0 heterocycles. The fourth-order valence-corrected chi connectivity index (χ4v) is 1.76. The van der Waals surface area contributed by atoms with Crippen molar-refractivity contribution in [2.24, 2.45) is 0 Å². The van der Waals surface area contributed by atoms with Gasteiger partial charge < -0.3 is 5.32 Å². The molecule has 0 saturated heterocycles. The van der Waals surface area contributed by atoms with Crippen molar-refractivity contribution in [3.8, 4) is 0 Å². The van der Waals surface area contributed by atoms with Crippen LogP contribution in [0.15, 0.2) is 12.2 Å². The molecule has 2 aliphatic carbocycles. The van der Waals surface area contributed by atoms with Gasteiger partial charge in [-0.2, -0.15) is 0 Å². The molecule has 0 unspecified atom stereocenters. The van der Waals surface area contributed by atoms with Crippen LogP contribution in [0.4, 0.5) is 4.39 Å². The van der Waals surface area contributed by atoms with Crippen LogP contribution < -0.4 is 5.32 Å². The molecule has 0 bridgehead atoms. The Bertz CT molecular complexity index is 237. The van der Waals surface area contributed by atoms with Crippen molar-refractivity contribution in [1.29, 1.82) is 0 Å². The van der Waals surface area contributed by atoms with Crippen LogP contribution in [0, 0.1) is 0 Å². The minimum absolute atomic E-state index is 0.140. The molecular weight excluding hydrogens is 169 g/mol. The number of halogens is 1. The third-order valence-corrected chi connectivity index (χ3v) is 2.90. The van der Waals surface area contributed by atoms with Gasteiger partial charge >= 0.3 is 0 Å². The van der Waals surface area contributed by atoms with E-state index in [4.69, 9.17) is 0 Å². The number of hydrogen-bond donors (Lipinski definition) is 1. The predicted octanol–water partition coefficient (Wildman–Crippen LogP) is 1.71. The number of alkyl halides is 1. The van der Waals surface area contributed by atoms with Crippen LogP contribution in [-0.4, -0.2) is 17.6 Å². The summed E-state index contributed by atoms with van der Waals surface area (Å²) in [4.78, 5) is 11.4. The molecule has 1 fully saturated rings. The summed E-state index contributed by atoms with van der Waals surface area (Å²) in [6, 6.07) is 0.140. The van der Waals surface area contributed by atoms with Crippen LogP contribution in [0.25, 0.3) is 0 Å². The second-order valence-electron chi connectivity index (χ2n) is 3.93. The van der Waals surface area contributed by atoms with Gasteiger partial charge in [-0.05, 0) is 32.1 Å². The van der Waals surface area contributed by atoms with Gasteiger partial charge in [0.05, 0.1) is 0 Å². The van der Waals surface area contributed by atoms with Gasteiger partial charge in [-0.1, -0.05) is 12.2 Å². The smallest absolute Gasteiger partial charge is 0.257 e. The van der Waals surface area contributed by atoms with Gasteiger partial charge in [0.15, 0.2) is 5.67 Å². The van der Waals surface area contributed by atoms with Crippen LogP contribution in [-0.2, 0) is 4.79 Å². The predicted molar refractivity (Wildman–Crippen MR) is 48.0 cm³/mol. The van der Waals surface area contributed by atoms with Crippen molar-refractivity contribution in [3.63, 3.8) is 0 Å². The van der Waals surface area contributed by atoms with Crippen LogP contribution in [0.3, 0.4) is 0 Å². The molecule has 0 atom stereocenters. The molecule has 0 spiro atoms. The average Bonchev–Trinajstić information content (AvgIpc) is 2.52. The molecule has 1 N–H and O–H groups in total. The maximum Gasteiger partial charge on any atom is 0.257 e. The first-order valence-electron chi connectivity index (χ1n) is 4.86. The molecule has 2 aliphatic rings. The summed E-state index contributed by atoms with van der Waals surface area (Å²) in [5.74, 6) is -0.396. The van der Waals surface area contributed by atoms with E-state index in [0.29, 0.717) is 12.8 Å². The summed E-state index contributed by atoms with van der Waals surface area (Å²) in [5, 5.41) is 2.74. The van der Waals surface area contributed by atoms with Crippen LogP contribution >= 0.6 is 0 Å². The fraction of sp³-hybridized carbons (Fsp3) is 0.700. The Morgan fingerprint density at radius 1 is 1.38 bits per heavy atom. The SMILES string of the molecule is O=C(NC1CC=CC1)C1(F)CCC1. The van der Waals surface area contributed by atoms with E-state index in [-0.39, 0.29) is 6.04 Å². The van der Waals surface area contributed by atoms with E-state index in [0.717, 1.165) is 19.3 Å². The molecule has 0 aromatic rings. The molecule has 2 rings (SSSR count). The lowest BCUT2D eigenvalue weighted by Gasteiger charge is -2.33.